The molecule has 1 aliphatic rings. The molecule has 18 heavy (non-hydrogen) atoms. The lowest BCUT2D eigenvalue weighted by molar-refractivity contribution is 0.0947. The van der Waals surface area contributed by atoms with Gasteiger partial charge in [0.05, 0.1) is 5.56 Å². The van der Waals surface area contributed by atoms with Crippen LogP contribution < -0.4 is 10.6 Å². The number of halogens is 1. The molecule has 1 aromatic rings. The second kappa shape index (κ2) is 6.82. The van der Waals surface area contributed by atoms with Gasteiger partial charge in [0.2, 0.25) is 0 Å². The van der Waals surface area contributed by atoms with E-state index < -0.39 is 0 Å². The fourth-order valence-electron chi connectivity index (χ4n) is 1.87. The summed E-state index contributed by atoms with van der Waals surface area (Å²) in [5.41, 5.74) is 0.596. The van der Waals surface area contributed by atoms with Crippen molar-refractivity contribution in [3.05, 3.63) is 28.5 Å². The Kier molecular flexibility index (Phi) is 5.10. The van der Waals surface area contributed by atoms with Gasteiger partial charge in [-0.3, -0.25) is 9.69 Å². The van der Waals surface area contributed by atoms with Crippen molar-refractivity contribution in [2.24, 2.45) is 0 Å². The van der Waals surface area contributed by atoms with Crippen molar-refractivity contribution >= 4 is 21.8 Å². The first-order valence-electron chi connectivity index (χ1n) is 6.08. The molecule has 0 radical (unpaired) electrons. The van der Waals surface area contributed by atoms with Crippen molar-refractivity contribution in [2.75, 3.05) is 39.3 Å². The Morgan fingerprint density at radius 3 is 2.89 bits per heavy atom. The second-order valence-electron chi connectivity index (χ2n) is 4.22. The molecule has 1 aliphatic heterocycles. The minimum atomic E-state index is -0.0647. The van der Waals surface area contributed by atoms with E-state index in [9.17, 15) is 4.79 Å². The van der Waals surface area contributed by atoms with Crippen LogP contribution in [0.2, 0.25) is 0 Å². The first-order valence-corrected chi connectivity index (χ1v) is 6.88. The molecule has 1 saturated heterocycles. The predicted octanol–water partition coefficient (Wildman–Crippen LogP) is 0.479. The standard InChI is InChI=1S/C12H17BrN4O/c13-11-2-1-10(9-16-11)12(18)15-5-8-17-6-3-14-4-7-17/h1-2,9,14H,3-8H2,(H,15,18). The molecular formula is C12H17BrN4O. The summed E-state index contributed by atoms with van der Waals surface area (Å²) in [7, 11) is 0. The minimum Gasteiger partial charge on any atom is -0.351 e. The molecule has 2 N–H and O–H groups in total. The van der Waals surface area contributed by atoms with Crippen LogP contribution in [0.15, 0.2) is 22.9 Å². The summed E-state index contributed by atoms with van der Waals surface area (Å²) in [6.45, 7) is 5.74. The highest BCUT2D eigenvalue weighted by Crippen LogP contribution is 2.05. The first kappa shape index (κ1) is 13.5. The van der Waals surface area contributed by atoms with Crippen molar-refractivity contribution in [1.82, 2.24) is 20.5 Å². The van der Waals surface area contributed by atoms with Crippen molar-refractivity contribution < 1.29 is 4.79 Å². The SMILES string of the molecule is O=C(NCCN1CCNCC1)c1ccc(Br)nc1. The Morgan fingerprint density at radius 2 is 2.22 bits per heavy atom. The summed E-state index contributed by atoms with van der Waals surface area (Å²) < 4.78 is 0.736. The van der Waals surface area contributed by atoms with E-state index in [0.29, 0.717) is 12.1 Å². The van der Waals surface area contributed by atoms with Crippen LogP contribution in [0, 0.1) is 0 Å². The van der Waals surface area contributed by atoms with Gasteiger partial charge >= 0.3 is 0 Å². The van der Waals surface area contributed by atoms with Gasteiger partial charge in [-0.05, 0) is 28.1 Å². The van der Waals surface area contributed by atoms with Crippen LogP contribution in [-0.2, 0) is 0 Å². The first-order chi connectivity index (χ1) is 8.75. The predicted molar refractivity (Wildman–Crippen MR) is 73.6 cm³/mol. The van der Waals surface area contributed by atoms with Gasteiger partial charge in [-0.25, -0.2) is 4.98 Å². The van der Waals surface area contributed by atoms with Crippen LogP contribution in [0.4, 0.5) is 0 Å². The number of piperazine rings is 1. The summed E-state index contributed by atoms with van der Waals surface area (Å²) in [4.78, 5) is 18.2. The van der Waals surface area contributed by atoms with Gasteiger partial charge in [0, 0.05) is 45.5 Å². The Labute approximate surface area is 115 Å². The molecule has 5 nitrogen and oxygen atoms in total. The Morgan fingerprint density at radius 1 is 1.44 bits per heavy atom. The second-order valence-corrected chi connectivity index (χ2v) is 5.03. The van der Waals surface area contributed by atoms with Crippen LogP contribution in [0.1, 0.15) is 10.4 Å². The molecule has 0 aromatic carbocycles. The average Bonchev–Trinajstić information content (AvgIpc) is 2.40. The number of carbonyl (C=O) groups excluding carboxylic acids is 1. The van der Waals surface area contributed by atoms with E-state index >= 15 is 0 Å². The van der Waals surface area contributed by atoms with Crippen molar-refractivity contribution in [3.8, 4) is 0 Å². The maximum absolute atomic E-state index is 11.8. The van der Waals surface area contributed by atoms with E-state index in [4.69, 9.17) is 0 Å². The normalized spacial score (nSPS) is 16.5. The van der Waals surface area contributed by atoms with E-state index in [1.165, 1.54) is 0 Å². The number of amides is 1. The molecule has 98 valence electrons. The lowest BCUT2D eigenvalue weighted by Gasteiger charge is -2.27. The number of aromatic nitrogens is 1. The maximum atomic E-state index is 11.8. The fraction of sp³-hybridized carbons (Fsp3) is 0.500. The monoisotopic (exact) mass is 312 g/mol. The molecule has 0 saturated carbocycles. The van der Waals surface area contributed by atoms with Crippen molar-refractivity contribution in [3.63, 3.8) is 0 Å². The Balaban J connectivity index is 1.72. The fourth-order valence-corrected chi connectivity index (χ4v) is 2.11. The van der Waals surface area contributed by atoms with Crippen molar-refractivity contribution in [2.45, 2.75) is 0 Å². The van der Waals surface area contributed by atoms with Gasteiger partial charge in [0.25, 0.3) is 5.91 Å². The lowest BCUT2D eigenvalue weighted by Crippen LogP contribution is -2.46. The third kappa shape index (κ3) is 4.04. The van der Waals surface area contributed by atoms with E-state index in [1.807, 2.05) is 0 Å². The van der Waals surface area contributed by atoms with Gasteiger partial charge in [-0.2, -0.15) is 0 Å². The number of hydrogen-bond donors (Lipinski definition) is 2. The van der Waals surface area contributed by atoms with Crippen LogP contribution in [-0.4, -0.2) is 55.1 Å². The highest BCUT2D eigenvalue weighted by molar-refractivity contribution is 9.10. The topological polar surface area (TPSA) is 57.3 Å². The molecule has 2 heterocycles. The number of rotatable bonds is 4. The molecule has 0 aliphatic carbocycles. The zero-order valence-corrected chi connectivity index (χ0v) is 11.7. The van der Waals surface area contributed by atoms with Crippen molar-refractivity contribution in [1.29, 1.82) is 0 Å². The molecule has 2 rings (SSSR count). The number of nitrogens with one attached hydrogen (secondary N) is 2. The lowest BCUT2D eigenvalue weighted by atomic mass is 10.2. The smallest absolute Gasteiger partial charge is 0.252 e. The van der Waals surface area contributed by atoms with Crippen LogP contribution in [0.25, 0.3) is 0 Å². The minimum absolute atomic E-state index is 0.0647. The summed E-state index contributed by atoms with van der Waals surface area (Å²) in [5.74, 6) is -0.0647. The van der Waals surface area contributed by atoms with E-state index in [2.05, 4.69) is 36.4 Å². The molecule has 0 unspecified atom stereocenters. The Hall–Kier alpha value is -0.980. The summed E-state index contributed by atoms with van der Waals surface area (Å²) in [6.07, 6.45) is 1.57. The average molecular weight is 313 g/mol. The van der Waals surface area contributed by atoms with Crippen LogP contribution >= 0.6 is 15.9 Å². The number of hydrogen-bond acceptors (Lipinski definition) is 4. The molecule has 1 fully saturated rings. The largest absolute Gasteiger partial charge is 0.351 e. The molecule has 0 spiro atoms. The Bertz CT molecular complexity index is 390. The quantitative estimate of drug-likeness (QED) is 0.794. The number of pyridine rings is 1. The third-order valence-corrected chi connectivity index (χ3v) is 3.38. The van der Waals surface area contributed by atoms with Gasteiger partial charge in [0.15, 0.2) is 0 Å². The summed E-state index contributed by atoms with van der Waals surface area (Å²) >= 11 is 3.24. The van der Waals surface area contributed by atoms with E-state index in [0.717, 1.165) is 37.3 Å². The van der Waals surface area contributed by atoms with E-state index in [-0.39, 0.29) is 5.91 Å². The molecule has 6 heteroatoms. The molecule has 1 amide bonds. The maximum Gasteiger partial charge on any atom is 0.252 e. The zero-order chi connectivity index (χ0) is 12.8. The number of nitrogens with zero attached hydrogens (tertiary/aromatic N) is 2. The molecular weight excluding hydrogens is 296 g/mol. The van der Waals surface area contributed by atoms with Crippen LogP contribution in [0.3, 0.4) is 0 Å². The van der Waals surface area contributed by atoms with E-state index in [1.54, 1.807) is 18.3 Å². The van der Waals surface area contributed by atoms with Gasteiger partial charge in [-0.15, -0.1) is 0 Å². The van der Waals surface area contributed by atoms with Gasteiger partial charge < -0.3 is 10.6 Å². The summed E-state index contributed by atoms with van der Waals surface area (Å²) in [6, 6.07) is 3.53. The van der Waals surface area contributed by atoms with Gasteiger partial charge in [0.1, 0.15) is 4.60 Å². The number of carbonyl (C=O) groups is 1. The highest BCUT2D eigenvalue weighted by Gasteiger charge is 2.10. The molecule has 0 bridgehead atoms. The molecule has 1 aromatic heterocycles. The van der Waals surface area contributed by atoms with Gasteiger partial charge in [-0.1, -0.05) is 0 Å². The highest BCUT2D eigenvalue weighted by atomic mass is 79.9. The summed E-state index contributed by atoms with van der Waals surface area (Å²) in [5, 5.41) is 6.21. The third-order valence-electron chi connectivity index (χ3n) is 2.91. The zero-order valence-electron chi connectivity index (χ0n) is 10.2. The molecule has 0 atom stereocenters. The van der Waals surface area contributed by atoms with Crippen LogP contribution in [0.5, 0.6) is 0 Å².